The number of hydrogen-bond donors (Lipinski definition) is 2. The molecule has 5 heteroatoms. The third-order valence-corrected chi connectivity index (χ3v) is 4.00. The molecule has 0 spiro atoms. The molecule has 1 rings (SSSR count). The fourth-order valence-electron chi connectivity index (χ4n) is 1.83. The molecule has 1 amide bonds. The second-order valence-electron chi connectivity index (χ2n) is 6.84. The van der Waals surface area contributed by atoms with Crippen LogP contribution in [0.2, 0.25) is 0 Å². The number of amides is 1. The fraction of sp³-hybridized carbons (Fsp3) is 0.688. The van der Waals surface area contributed by atoms with Gasteiger partial charge in [-0.15, -0.1) is 11.3 Å². The molecule has 0 aliphatic carbocycles. The Morgan fingerprint density at radius 1 is 1.19 bits per heavy atom. The van der Waals surface area contributed by atoms with Crippen molar-refractivity contribution in [1.82, 2.24) is 10.6 Å². The topological polar surface area (TPSA) is 50.4 Å². The van der Waals surface area contributed by atoms with Gasteiger partial charge >= 0.3 is 6.09 Å². The zero-order valence-electron chi connectivity index (χ0n) is 14.0. The Morgan fingerprint density at radius 2 is 1.81 bits per heavy atom. The van der Waals surface area contributed by atoms with Crippen molar-refractivity contribution in [1.29, 1.82) is 0 Å². The SMILES string of the molecule is CCc1ccc(CNCC(C)(C)NC(=O)OC(C)(C)C)s1. The molecule has 0 fully saturated rings. The molecule has 0 aromatic carbocycles. The Bertz CT molecular complexity index is 461. The molecule has 0 saturated carbocycles. The zero-order valence-corrected chi connectivity index (χ0v) is 14.8. The highest BCUT2D eigenvalue weighted by Gasteiger charge is 2.24. The van der Waals surface area contributed by atoms with Gasteiger partial charge in [0.05, 0.1) is 5.54 Å². The highest BCUT2D eigenvalue weighted by atomic mass is 32.1. The summed E-state index contributed by atoms with van der Waals surface area (Å²) >= 11 is 1.83. The number of carbonyl (C=O) groups excluding carboxylic acids is 1. The molecule has 0 saturated heterocycles. The molecule has 1 aromatic heterocycles. The van der Waals surface area contributed by atoms with Crippen LogP contribution in [0.4, 0.5) is 4.79 Å². The highest BCUT2D eigenvalue weighted by molar-refractivity contribution is 7.11. The first-order valence-corrected chi connectivity index (χ1v) is 8.22. The Balaban J connectivity index is 2.36. The first-order valence-electron chi connectivity index (χ1n) is 7.41. The molecule has 0 aliphatic heterocycles. The van der Waals surface area contributed by atoms with E-state index in [-0.39, 0.29) is 11.6 Å². The third-order valence-electron chi connectivity index (χ3n) is 2.77. The summed E-state index contributed by atoms with van der Waals surface area (Å²) in [5.74, 6) is 0. The van der Waals surface area contributed by atoms with Gasteiger partial charge in [-0.1, -0.05) is 6.92 Å². The Hall–Kier alpha value is -1.07. The van der Waals surface area contributed by atoms with E-state index in [1.165, 1.54) is 9.75 Å². The third kappa shape index (κ3) is 7.48. The summed E-state index contributed by atoms with van der Waals surface area (Å²) < 4.78 is 5.28. The smallest absolute Gasteiger partial charge is 0.408 e. The van der Waals surface area contributed by atoms with E-state index in [0.29, 0.717) is 6.54 Å². The van der Waals surface area contributed by atoms with Gasteiger partial charge < -0.3 is 15.4 Å². The molecule has 1 heterocycles. The molecule has 0 radical (unpaired) electrons. The fourth-order valence-corrected chi connectivity index (χ4v) is 2.76. The first-order chi connectivity index (χ1) is 9.61. The Labute approximate surface area is 132 Å². The molecule has 2 N–H and O–H groups in total. The van der Waals surface area contributed by atoms with Crippen LogP contribution in [0.1, 0.15) is 51.3 Å². The van der Waals surface area contributed by atoms with Gasteiger partial charge in [0.25, 0.3) is 0 Å². The van der Waals surface area contributed by atoms with E-state index in [2.05, 4.69) is 29.7 Å². The molecule has 0 bridgehead atoms. The number of hydrogen-bond acceptors (Lipinski definition) is 4. The van der Waals surface area contributed by atoms with Crippen LogP contribution >= 0.6 is 11.3 Å². The van der Waals surface area contributed by atoms with Gasteiger partial charge in [-0.05, 0) is 53.2 Å². The molecule has 21 heavy (non-hydrogen) atoms. The summed E-state index contributed by atoms with van der Waals surface area (Å²) in [7, 11) is 0. The van der Waals surface area contributed by atoms with Crippen LogP contribution < -0.4 is 10.6 Å². The number of rotatable bonds is 6. The largest absolute Gasteiger partial charge is 0.444 e. The lowest BCUT2D eigenvalue weighted by atomic mass is 10.1. The van der Waals surface area contributed by atoms with Crippen LogP contribution in [0.25, 0.3) is 0 Å². The van der Waals surface area contributed by atoms with Crippen molar-refractivity contribution < 1.29 is 9.53 Å². The maximum atomic E-state index is 11.8. The van der Waals surface area contributed by atoms with Crippen LogP contribution in [-0.2, 0) is 17.7 Å². The van der Waals surface area contributed by atoms with E-state index >= 15 is 0 Å². The van der Waals surface area contributed by atoms with Gasteiger partial charge in [0.1, 0.15) is 5.60 Å². The van der Waals surface area contributed by atoms with Crippen molar-refractivity contribution in [2.45, 2.75) is 65.6 Å². The average molecular weight is 312 g/mol. The van der Waals surface area contributed by atoms with Crippen LogP contribution in [-0.4, -0.2) is 23.8 Å². The lowest BCUT2D eigenvalue weighted by molar-refractivity contribution is 0.0472. The first kappa shape index (κ1) is 18.0. The standard InChI is InChI=1S/C16H28N2O2S/c1-7-12-8-9-13(21-12)10-17-11-16(5,6)18-14(19)20-15(2,3)4/h8-9,17H,7,10-11H2,1-6H3,(H,18,19). The molecule has 0 aliphatic rings. The van der Waals surface area contributed by atoms with E-state index in [4.69, 9.17) is 4.74 Å². The Morgan fingerprint density at radius 3 is 2.33 bits per heavy atom. The van der Waals surface area contributed by atoms with Crippen molar-refractivity contribution in [3.63, 3.8) is 0 Å². The summed E-state index contributed by atoms with van der Waals surface area (Å²) in [6, 6.07) is 4.33. The monoisotopic (exact) mass is 312 g/mol. The van der Waals surface area contributed by atoms with E-state index in [9.17, 15) is 4.79 Å². The molecule has 1 aromatic rings. The van der Waals surface area contributed by atoms with Crippen LogP contribution in [0.15, 0.2) is 12.1 Å². The van der Waals surface area contributed by atoms with Crippen LogP contribution in [0, 0.1) is 0 Å². The van der Waals surface area contributed by atoms with Crippen molar-refractivity contribution in [3.05, 3.63) is 21.9 Å². The number of ether oxygens (including phenoxy) is 1. The quantitative estimate of drug-likeness (QED) is 0.842. The highest BCUT2D eigenvalue weighted by Crippen LogP contribution is 2.16. The normalized spacial score (nSPS) is 12.3. The summed E-state index contributed by atoms with van der Waals surface area (Å²) in [6.45, 7) is 13.2. The van der Waals surface area contributed by atoms with Gasteiger partial charge in [0.15, 0.2) is 0 Å². The molecular formula is C16H28N2O2S. The number of thiophene rings is 1. The zero-order chi connectivity index (χ0) is 16.1. The van der Waals surface area contributed by atoms with E-state index in [1.54, 1.807) is 0 Å². The van der Waals surface area contributed by atoms with Crippen molar-refractivity contribution >= 4 is 17.4 Å². The van der Waals surface area contributed by atoms with E-state index in [1.807, 2.05) is 46.0 Å². The minimum atomic E-state index is -0.471. The molecule has 4 nitrogen and oxygen atoms in total. The summed E-state index contributed by atoms with van der Waals surface area (Å²) in [5, 5.41) is 6.28. The summed E-state index contributed by atoms with van der Waals surface area (Å²) in [6.07, 6.45) is 0.704. The average Bonchev–Trinajstić information content (AvgIpc) is 2.73. The van der Waals surface area contributed by atoms with Gasteiger partial charge in [-0.25, -0.2) is 4.79 Å². The summed E-state index contributed by atoms with van der Waals surface area (Å²) in [5.41, 5.74) is -0.825. The lowest BCUT2D eigenvalue weighted by Gasteiger charge is -2.28. The van der Waals surface area contributed by atoms with Gasteiger partial charge in [-0.3, -0.25) is 0 Å². The minimum absolute atomic E-state index is 0.354. The van der Waals surface area contributed by atoms with E-state index in [0.717, 1.165) is 13.0 Å². The van der Waals surface area contributed by atoms with Gasteiger partial charge in [0.2, 0.25) is 0 Å². The number of nitrogens with one attached hydrogen (secondary N) is 2. The number of alkyl carbamates (subject to hydrolysis) is 1. The molecular weight excluding hydrogens is 284 g/mol. The molecule has 0 atom stereocenters. The molecule has 120 valence electrons. The van der Waals surface area contributed by atoms with Crippen molar-refractivity contribution in [2.75, 3.05) is 6.54 Å². The second-order valence-corrected chi connectivity index (χ2v) is 8.09. The number of carbonyl (C=O) groups is 1. The number of aryl methyl sites for hydroxylation is 1. The van der Waals surface area contributed by atoms with Gasteiger partial charge in [0, 0.05) is 22.8 Å². The van der Waals surface area contributed by atoms with E-state index < -0.39 is 5.60 Å². The summed E-state index contributed by atoms with van der Waals surface area (Å²) in [4.78, 5) is 14.5. The Kier molecular flexibility index (Phi) is 6.23. The van der Waals surface area contributed by atoms with Crippen LogP contribution in [0.5, 0.6) is 0 Å². The van der Waals surface area contributed by atoms with Crippen molar-refractivity contribution in [2.24, 2.45) is 0 Å². The van der Waals surface area contributed by atoms with Gasteiger partial charge in [-0.2, -0.15) is 0 Å². The predicted octanol–water partition coefficient (Wildman–Crippen LogP) is 3.70. The lowest BCUT2D eigenvalue weighted by Crippen LogP contribution is -2.51. The van der Waals surface area contributed by atoms with Crippen molar-refractivity contribution in [3.8, 4) is 0 Å². The van der Waals surface area contributed by atoms with Crippen LogP contribution in [0.3, 0.4) is 0 Å². The maximum Gasteiger partial charge on any atom is 0.408 e. The second kappa shape index (κ2) is 7.27. The predicted molar refractivity (Wildman–Crippen MR) is 88.9 cm³/mol. The minimum Gasteiger partial charge on any atom is -0.444 e. The molecule has 0 unspecified atom stereocenters. The maximum absolute atomic E-state index is 11.8.